The molecule has 1 aromatic carbocycles. The van der Waals surface area contributed by atoms with Crippen molar-refractivity contribution in [2.24, 2.45) is 11.1 Å². The molecule has 1 aromatic rings. The number of hydrogen-bond acceptors (Lipinski definition) is 3. The van der Waals surface area contributed by atoms with E-state index in [0.29, 0.717) is 5.69 Å². The molecule has 0 saturated carbocycles. The summed E-state index contributed by atoms with van der Waals surface area (Å²) in [6.07, 6.45) is 0. The van der Waals surface area contributed by atoms with E-state index in [9.17, 15) is 9.59 Å². The molecule has 21 heavy (non-hydrogen) atoms. The van der Waals surface area contributed by atoms with Gasteiger partial charge in [-0.2, -0.15) is 0 Å². The van der Waals surface area contributed by atoms with Gasteiger partial charge in [-0.15, -0.1) is 0 Å². The van der Waals surface area contributed by atoms with Crippen molar-refractivity contribution in [1.29, 1.82) is 0 Å². The van der Waals surface area contributed by atoms with Crippen LogP contribution in [0.1, 0.15) is 40.2 Å². The number of carbonyl (C=O) groups excluding carboxylic acids is 2. The first-order valence-corrected chi connectivity index (χ1v) is 6.93. The topological polar surface area (TPSA) is 84.2 Å². The summed E-state index contributed by atoms with van der Waals surface area (Å²) in [5.74, 6) is -0.262. The molecule has 0 aliphatic carbocycles. The van der Waals surface area contributed by atoms with Gasteiger partial charge in [0.25, 0.3) is 0 Å². The SMILES string of the molecule is CC(=O)Nc1ccc(NC(=O)C(C)(C)C(C)(C)N)cc1C. The molecule has 0 saturated heterocycles. The van der Waals surface area contributed by atoms with Crippen LogP contribution in [-0.4, -0.2) is 17.4 Å². The minimum Gasteiger partial charge on any atom is -0.326 e. The van der Waals surface area contributed by atoms with Crippen LogP contribution >= 0.6 is 0 Å². The Morgan fingerprint density at radius 1 is 1.10 bits per heavy atom. The maximum absolute atomic E-state index is 12.4. The average molecular weight is 291 g/mol. The normalized spacial score (nSPS) is 12.0. The molecule has 0 spiro atoms. The second kappa shape index (κ2) is 5.85. The van der Waals surface area contributed by atoms with Gasteiger partial charge in [-0.05, 0) is 58.4 Å². The van der Waals surface area contributed by atoms with Crippen LogP contribution in [0.3, 0.4) is 0 Å². The van der Waals surface area contributed by atoms with E-state index in [2.05, 4.69) is 10.6 Å². The first-order valence-electron chi connectivity index (χ1n) is 6.93. The van der Waals surface area contributed by atoms with E-state index >= 15 is 0 Å². The van der Waals surface area contributed by atoms with Gasteiger partial charge in [0.15, 0.2) is 0 Å². The zero-order valence-corrected chi connectivity index (χ0v) is 13.6. The highest BCUT2D eigenvalue weighted by atomic mass is 16.2. The lowest BCUT2D eigenvalue weighted by molar-refractivity contribution is -0.126. The molecule has 0 aliphatic heterocycles. The van der Waals surface area contributed by atoms with Crippen LogP contribution in [-0.2, 0) is 9.59 Å². The van der Waals surface area contributed by atoms with Crippen LogP contribution in [0.15, 0.2) is 18.2 Å². The van der Waals surface area contributed by atoms with Gasteiger partial charge in [-0.25, -0.2) is 0 Å². The highest BCUT2D eigenvalue weighted by Gasteiger charge is 2.40. The summed E-state index contributed by atoms with van der Waals surface area (Å²) in [6, 6.07) is 5.35. The van der Waals surface area contributed by atoms with Crippen molar-refractivity contribution < 1.29 is 9.59 Å². The first kappa shape index (κ1) is 17.2. The Hall–Kier alpha value is -1.88. The van der Waals surface area contributed by atoms with E-state index in [1.165, 1.54) is 6.92 Å². The second-order valence-electron chi connectivity index (χ2n) is 6.51. The Morgan fingerprint density at radius 2 is 1.67 bits per heavy atom. The molecule has 0 radical (unpaired) electrons. The first-order chi connectivity index (χ1) is 9.45. The van der Waals surface area contributed by atoms with E-state index in [1.54, 1.807) is 12.1 Å². The third-order valence-corrected chi connectivity index (χ3v) is 3.97. The summed E-state index contributed by atoms with van der Waals surface area (Å²) < 4.78 is 0. The molecule has 0 unspecified atom stereocenters. The number of rotatable bonds is 4. The van der Waals surface area contributed by atoms with Crippen LogP contribution in [0.2, 0.25) is 0 Å². The predicted molar refractivity (Wildman–Crippen MR) is 86.2 cm³/mol. The molecule has 5 nitrogen and oxygen atoms in total. The number of amides is 2. The molecule has 0 fully saturated rings. The van der Waals surface area contributed by atoms with Crippen molar-refractivity contribution >= 4 is 23.2 Å². The molecular weight excluding hydrogens is 266 g/mol. The van der Waals surface area contributed by atoms with Crippen molar-refractivity contribution in [1.82, 2.24) is 0 Å². The van der Waals surface area contributed by atoms with Gasteiger partial charge in [0.05, 0.1) is 5.41 Å². The lowest BCUT2D eigenvalue weighted by Gasteiger charge is -2.36. The zero-order valence-electron chi connectivity index (χ0n) is 13.6. The van der Waals surface area contributed by atoms with E-state index in [4.69, 9.17) is 5.73 Å². The second-order valence-corrected chi connectivity index (χ2v) is 6.51. The lowest BCUT2D eigenvalue weighted by Crippen LogP contribution is -2.53. The molecule has 0 atom stereocenters. The van der Waals surface area contributed by atoms with Crippen LogP contribution < -0.4 is 16.4 Å². The highest BCUT2D eigenvalue weighted by molar-refractivity contribution is 5.96. The Labute approximate surface area is 126 Å². The molecule has 0 aliphatic rings. The van der Waals surface area contributed by atoms with Crippen molar-refractivity contribution in [2.45, 2.75) is 47.1 Å². The van der Waals surface area contributed by atoms with Gasteiger partial charge in [-0.1, -0.05) is 0 Å². The summed E-state index contributed by atoms with van der Waals surface area (Å²) in [6.45, 7) is 10.6. The Kier molecular flexibility index (Phi) is 4.79. The number of carbonyl (C=O) groups is 2. The molecule has 116 valence electrons. The Balaban J connectivity index is 2.92. The van der Waals surface area contributed by atoms with E-state index in [-0.39, 0.29) is 11.8 Å². The molecule has 2 amide bonds. The fraction of sp³-hybridized carbons (Fsp3) is 0.500. The van der Waals surface area contributed by atoms with Crippen molar-refractivity contribution in [3.63, 3.8) is 0 Å². The molecular formula is C16H25N3O2. The quantitative estimate of drug-likeness (QED) is 0.797. The van der Waals surface area contributed by atoms with Gasteiger partial charge in [0.2, 0.25) is 11.8 Å². The molecule has 4 N–H and O–H groups in total. The monoisotopic (exact) mass is 291 g/mol. The van der Waals surface area contributed by atoms with Gasteiger partial charge in [0.1, 0.15) is 0 Å². The number of nitrogens with two attached hydrogens (primary N) is 1. The largest absolute Gasteiger partial charge is 0.326 e. The number of benzene rings is 1. The Bertz CT molecular complexity index is 557. The van der Waals surface area contributed by atoms with E-state index in [0.717, 1.165) is 11.3 Å². The van der Waals surface area contributed by atoms with Crippen molar-refractivity contribution in [2.75, 3.05) is 10.6 Å². The van der Waals surface area contributed by atoms with Crippen molar-refractivity contribution in [3.05, 3.63) is 23.8 Å². The summed E-state index contributed by atoms with van der Waals surface area (Å²) in [4.78, 5) is 23.5. The fourth-order valence-electron chi connectivity index (χ4n) is 1.65. The predicted octanol–water partition coefficient (Wildman–Crippen LogP) is 2.66. The molecule has 0 heterocycles. The standard InChI is InChI=1S/C16H25N3O2/c1-10-9-12(7-8-13(10)18-11(2)20)19-14(21)15(3,4)16(5,6)17/h7-9H,17H2,1-6H3,(H,18,20)(H,19,21). The molecule has 0 bridgehead atoms. The molecule has 0 aromatic heterocycles. The number of anilines is 2. The smallest absolute Gasteiger partial charge is 0.231 e. The molecule has 1 rings (SSSR count). The van der Waals surface area contributed by atoms with E-state index < -0.39 is 11.0 Å². The zero-order chi connectivity index (χ0) is 16.4. The summed E-state index contributed by atoms with van der Waals surface area (Å²) in [5.41, 5.74) is 7.02. The van der Waals surface area contributed by atoms with Crippen LogP contribution in [0.5, 0.6) is 0 Å². The Morgan fingerprint density at radius 3 is 2.10 bits per heavy atom. The number of nitrogens with one attached hydrogen (secondary N) is 2. The van der Waals surface area contributed by atoms with Gasteiger partial charge in [0, 0.05) is 23.8 Å². The van der Waals surface area contributed by atoms with Gasteiger partial charge in [-0.3, -0.25) is 9.59 Å². The van der Waals surface area contributed by atoms with Crippen LogP contribution in [0.4, 0.5) is 11.4 Å². The van der Waals surface area contributed by atoms with E-state index in [1.807, 2.05) is 40.7 Å². The summed E-state index contributed by atoms with van der Waals surface area (Å²) in [5, 5.41) is 5.61. The summed E-state index contributed by atoms with van der Waals surface area (Å²) >= 11 is 0. The third kappa shape index (κ3) is 4.04. The van der Waals surface area contributed by atoms with Crippen molar-refractivity contribution in [3.8, 4) is 0 Å². The maximum atomic E-state index is 12.4. The number of hydrogen-bond donors (Lipinski definition) is 3. The lowest BCUT2D eigenvalue weighted by atomic mass is 9.74. The van der Waals surface area contributed by atoms with Crippen LogP contribution in [0.25, 0.3) is 0 Å². The van der Waals surface area contributed by atoms with Crippen LogP contribution in [0, 0.1) is 12.3 Å². The summed E-state index contributed by atoms with van der Waals surface area (Å²) in [7, 11) is 0. The van der Waals surface area contributed by atoms with Gasteiger partial charge >= 0.3 is 0 Å². The number of aryl methyl sites for hydroxylation is 1. The third-order valence-electron chi connectivity index (χ3n) is 3.97. The minimum absolute atomic E-state index is 0.124. The maximum Gasteiger partial charge on any atom is 0.231 e. The van der Waals surface area contributed by atoms with Gasteiger partial charge < -0.3 is 16.4 Å². The fourth-order valence-corrected chi connectivity index (χ4v) is 1.65. The molecule has 5 heteroatoms. The average Bonchev–Trinajstić information content (AvgIpc) is 2.30. The minimum atomic E-state index is -0.711. The highest BCUT2D eigenvalue weighted by Crippen LogP contribution is 2.30.